The molecule has 0 fully saturated rings. The van der Waals surface area contributed by atoms with Crippen LogP contribution in [0, 0.1) is 42.6 Å². The molecule has 6 nitrogen and oxygen atoms in total. The van der Waals surface area contributed by atoms with Gasteiger partial charge in [-0.25, -0.2) is 8.78 Å². The summed E-state index contributed by atoms with van der Waals surface area (Å²) in [5.74, 6) is -3.65. The largest absolute Gasteiger partial charge is 3.00 e. The molecule has 4 heterocycles. The third kappa shape index (κ3) is 6.99. The van der Waals surface area contributed by atoms with E-state index in [1.165, 1.54) is 11.3 Å². The van der Waals surface area contributed by atoms with Crippen molar-refractivity contribution in [2.75, 3.05) is 9.91 Å². The Hall–Kier alpha value is -3.69. The summed E-state index contributed by atoms with van der Waals surface area (Å²) in [4.78, 5) is 12.0. The molecular weight excluding hydrogens is 677 g/mol. The van der Waals surface area contributed by atoms with E-state index in [0.29, 0.717) is 5.69 Å². The van der Waals surface area contributed by atoms with Crippen molar-refractivity contribution in [2.24, 2.45) is 5.10 Å². The predicted molar refractivity (Wildman–Crippen MR) is 132 cm³/mol. The average Bonchev–Trinajstić information content (AvgIpc) is 3.35. The molecule has 0 aliphatic carbocycles. The number of hydrogen-bond donors (Lipinski definition) is 0. The van der Waals surface area contributed by atoms with Crippen molar-refractivity contribution in [3.8, 4) is 11.3 Å². The van der Waals surface area contributed by atoms with Crippen LogP contribution in [0.3, 0.4) is 0 Å². The zero-order valence-corrected chi connectivity index (χ0v) is 22.9. The molecule has 5 rings (SSSR count). The molecule has 3 aromatic heterocycles. The standard InChI is InChI=1S/C14H13F2N2.C13H8F2N4.Ir/c1-14(2,3)9-6-7-17-11(8-9)10-4-5-12(15)18-13(10)16;14-12-7-6-11(13(15)17-12)19-9-18(8-16-19)10-4-2-1-3-5-10;/h5-8H,1-3H3;1-5,7-9H;/q-1;-2;+3. The van der Waals surface area contributed by atoms with Gasteiger partial charge in [-0.2, -0.15) is 11.2 Å². The molecule has 1 aromatic carbocycles. The number of hydrogen-bond acceptors (Lipinski definition) is 6. The van der Waals surface area contributed by atoms with Crippen LogP contribution in [0.15, 0.2) is 65.9 Å². The summed E-state index contributed by atoms with van der Waals surface area (Å²) in [6.07, 6.45) is 3.12. The van der Waals surface area contributed by atoms with Gasteiger partial charge in [0.25, 0.3) is 0 Å². The predicted octanol–water partition coefficient (Wildman–Crippen LogP) is 6.07. The van der Waals surface area contributed by atoms with Gasteiger partial charge in [0, 0.05) is 11.9 Å². The average molecular weight is 698 g/mol. The van der Waals surface area contributed by atoms with Gasteiger partial charge < -0.3 is 19.9 Å². The third-order valence-corrected chi connectivity index (χ3v) is 5.17. The first-order valence-corrected chi connectivity index (χ1v) is 11.1. The van der Waals surface area contributed by atoms with Gasteiger partial charge in [0.15, 0.2) is 0 Å². The Balaban J connectivity index is 0.000000206. The molecule has 38 heavy (non-hydrogen) atoms. The van der Waals surface area contributed by atoms with Crippen molar-refractivity contribution in [1.29, 1.82) is 0 Å². The van der Waals surface area contributed by atoms with Crippen molar-refractivity contribution in [3.63, 3.8) is 0 Å². The zero-order valence-electron chi connectivity index (χ0n) is 20.5. The maximum atomic E-state index is 13.5. The number of rotatable bonds is 3. The van der Waals surface area contributed by atoms with Crippen molar-refractivity contribution < 1.29 is 37.7 Å². The molecule has 0 bridgehead atoms. The molecular formula is C27H21F4IrN6. The number of benzene rings is 1. The summed E-state index contributed by atoms with van der Waals surface area (Å²) in [5.41, 5.74) is 2.29. The normalized spacial score (nSPS) is 12.6. The second-order valence-electron chi connectivity index (χ2n) is 8.87. The molecule has 11 heteroatoms. The van der Waals surface area contributed by atoms with E-state index in [1.54, 1.807) is 23.8 Å². The molecule has 4 aromatic rings. The summed E-state index contributed by atoms with van der Waals surface area (Å²) in [7, 11) is 0. The van der Waals surface area contributed by atoms with Gasteiger partial charge in [-0.1, -0.05) is 56.7 Å². The van der Waals surface area contributed by atoms with E-state index in [-0.39, 0.29) is 36.8 Å². The Morgan fingerprint density at radius 2 is 1.53 bits per heavy atom. The number of aromatic nitrogens is 3. The zero-order chi connectivity index (χ0) is 26.6. The van der Waals surface area contributed by atoms with E-state index in [0.717, 1.165) is 23.4 Å². The fraction of sp³-hybridized carbons (Fsp3) is 0.148. The minimum absolute atomic E-state index is 0. The van der Waals surface area contributed by atoms with Crippen molar-refractivity contribution in [2.45, 2.75) is 26.2 Å². The van der Waals surface area contributed by atoms with E-state index >= 15 is 0 Å². The summed E-state index contributed by atoms with van der Waals surface area (Å²) < 4.78 is 52.5. The maximum absolute atomic E-state index is 13.5. The van der Waals surface area contributed by atoms with Gasteiger partial charge in [0.2, 0.25) is 0 Å². The van der Waals surface area contributed by atoms with Crippen LogP contribution < -0.4 is 9.91 Å². The van der Waals surface area contributed by atoms with E-state index in [1.807, 2.05) is 36.4 Å². The molecule has 0 unspecified atom stereocenters. The fourth-order valence-corrected chi connectivity index (χ4v) is 3.25. The van der Waals surface area contributed by atoms with E-state index in [9.17, 15) is 17.6 Å². The quantitative estimate of drug-likeness (QED) is 0.148. The molecule has 0 amide bonds. The van der Waals surface area contributed by atoms with Crippen molar-refractivity contribution in [1.82, 2.24) is 15.0 Å². The molecule has 0 atom stereocenters. The van der Waals surface area contributed by atoms with Gasteiger partial charge in [-0.05, 0) is 40.6 Å². The summed E-state index contributed by atoms with van der Waals surface area (Å²) in [6, 6.07) is 20.0. The molecule has 0 N–H and O–H groups in total. The first-order chi connectivity index (χ1) is 17.6. The first kappa shape index (κ1) is 28.9. The van der Waals surface area contributed by atoms with Crippen LogP contribution in [0.1, 0.15) is 26.3 Å². The minimum Gasteiger partial charge on any atom is -0.463 e. The minimum atomic E-state index is -0.955. The van der Waals surface area contributed by atoms with Crippen LogP contribution in [0.25, 0.3) is 11.3 Å². The topological polar surface area (TPSA) is 57.5 Å². The van der Waals surface area contributed by atoms with Crippen LogP contribution in [-0.4, -0.2) is 21.3 Å². The Morgan fingerprint density at radius 3 is 2.16 bits per heavy atom. The van der Waals surface area contributed by atoms with Gasteiger partial charge in [-0.15, -0.1) is 18.8 Å². The number of halogens is 4. The van der Waals surface area contributed by atoms with Crippen LogP contribution in [0.2, 0.25) is 0 Å². The molecule has 0 spiro atoms. The first-order valence-electron chi connectivity index (χ1n) is 11.1. The summed E-state index contributed by atoms with van der Waals surface area (Å²) in [6.45, 7) is 7.71. The SMILES string of the molecule is CC(C)(C)c1ccnc(-c2[c-]cc(F)nc2F)c1.Fc1c[c-]c(N2[CH-]N(c3ccccc3)C=N2)c(F)n1.[Ir+3]. The van der Waals surface area contributed by atoms with E-state index in [2.05, 4.69) is 53.0 Å². The monoisotopic (exact) mass is 698 g/mol. The van der Waals surface area contributed by atoms with Crippen LogP contribution >= 0.6 is 0 Å². The van der Waals surface area contributed by atoms with Crippen LogP contribution in [0.4, 0.5) is 28.9 Å². The number of para-hydroxylation sites is 1. The number of anilines is 2. The Morgan fingerprint density at radius 1 is 0.868 bits per heavy atom. The van der Waals surface area contributed by atoms with Gasteiger partial charge >= 0.3 is 20.1 Å². The van der Waals surface area contributed by atoms with E-state index < -0.39 is 23.8 Å². The van der Waals surface area contributed by atoms with Crippen LogP contribution in [0.5, 0.6) is 0 Å². The fourth-order valence-electron chi connectivity index (χ4n) is 3.25. The molecule has 0 saturated heterocycles. The molecule has 0 radical (unpaired) electrons. The second kappa shape index (κ2) is 12.2. The smallest absolute Gasteiger partial charge is 0.463 e. The van der Waals surface area contributed by atoms with Gasteiger partial charge in [-0.3, -0.25) is 13.8 Å². The molecule has 1 aliphatic heterocycles. The van der Waals surface area contributed by atoms with Gasteiger partial charge in [0.1, 0.15) is 17.8 Å². The van der Waals surface area contributed by atoms with Gasteiger partial charge in [0.05, 0.1) is 12.3 Å². The number of nitrogens with zero attached hydrogens (tertiary/aromatic N) is 6. The summed E-state index contributed by atoms with van der Waals surface area (Å²) >= 11 is 0. The Kier molecular flexibility index (Phi) is 9.30. The Bertz CT molecular complexity index is 1410. The third-order valence-electron chi connectivity index (χ3n) is 5.17. The molecule has 196 valence electrons. The van der Waals surface area contributed by atoms with E-state index in [4.69, 9.17) is 0 Å². The molecule has 0 saturated carbocycles. The summed E-state index contributed by atoms with van der Waals surface area (Å²) in [5, 5.41) is 5.24. The van der Waals surface area contributed by atoms with Crippen molar-refractivity contribution in [3.05, 3.63) is 109 Å². The van der Waals surface area contributed by atoms with Crippen LogP contribution in [-0.2, 0) is 25.5 Å². The number of hydrazone groups is 1. The second-order valence-corrected chi connectivity index (χ2v) is 8.87. The maximum Gasteiger partial charge on any atom is 3.00 e. The van der Waals surface area contributed by atoms with Crippen molar-refractivity contribution >= 4 is 17.7 Å². The molecule has 1 aliphatic rings. The Labute approximate surface area is 231 Å². The number of pyridine rings is 3.